The first-order valence-electron chi connectivity index (χ1n) is 9.92. The fourth-order valence-corrected chi connectivity index (χ4v) is 4.24. The van der Waals surface area contributed by atoms with E-state index in [2.05, 4.69) is 22.5 Å². The average Bonchev–Trinajstić information content (AvgIpc) is 2.49. The van der Waals surface area contributed by atoms with Crippen molar-refractivity contribution in [3.8, 4) is 0 Å². The Kier molecular flexibility index (Phi) is 8.32. The standard InChI is InChI=1S/C19H38BN3O4/c1-13(23(6)7)16-9-8-15(10-11-20(26)27)12-19(16,21-14(2)24)17(25)22-18(3,4)5/h13,15-16,26-27H,8-12H2,1-7H3,(H,21,24)(H,22,25)/t13?,15-,16-,19+/m0/s1. The van der Waals surface area contributed by atoms with E-state index in [0.29, 0.717) is 12.8 Å². The summed E-state index contributed by atoms with van der Waals surface area (Å²) in [6, 6.07) is 0.104. The van der Waals surface area contributed by atoms with E-state index in [1.807, 2.05) is 34.9 Å². The Balaban J connectivity index is 3.28. The van der Waals surface area contributed by atoms with Crippen molar-refractivity contribution in [1.82, 2.24) is 15.5 Å². The van der Waals surface area contributed by atoms with Crippen LogP contribution in [0.2, 0.25) is 6.32 Å². The molecule has 0 spiro atoms. The average molecular weight is 383 g/mol. The smallest absolute Gasteiger partial charge is 0.427 e. The van der Waals surface area contributed by atoms with Crippen molar-refractivity contribution in [2.45, 2.75) is 83.7 Å². The summed E-state index contributed by atoms with van der Waals surface area (Å²) in [6.45, 7) is 9.32. The number of carbonyl (C=O) groups is 2. The topological polar surface area (TPSA) is 102 Å². The molecule has 1 unspecified atom stereocenters. The third kappa shape index (κ3) is 6.77. The molecule has 8 heteroatoms. The van der Waals surface area contributed by atoms with Crippen molar-refractivity contribution in [2.75, 3.05) is 14.1 Å². The number of nitrogens with zero attached hydrogens (tertiary/aromatic N) is 1. The van der Waals surface area contributed by atoms with Crippen molar-refractivity contribution in [3.05, 3.63) is 0 Å². The Morgan fingerprint density at radius 3 is 2.30 bits per heavy atom. The second-order valence-electron chi connectivity index (χ2n) is 9.37. The minimum absolute atomic E-state index is 0.0333. The largest absolute Gasteiger partial charge is 0.451 e. The molecule has 7 nitrogen and oxygen atoms in total. The number of amides is 2. The van der Waals surface area contributed by atoms with Crippen LogP contribution in [-0.4, -0.2) is 65.1 Å². The summed E-state index contributed by atoms with van der Waals surface area (Å²) < 4.78 is 0. The number of hydrogen-bond acceptors (Lipinski definition) is 5. The highest BCUT2D eigenvalue weighted by Gasteiger charge is 2.52. The summed E-state index contributed by atoms with van der Waals surface area (Å²) in [7, 11) is 2.62. The van der Waals surface area contributed by atoms with E-state index in [0.717, 1.165) is 12.8 Å². The quantitative estimate of drug-likeness (QED) is 0.492. The molecule has 4 N–H and O–H groups in total. The molecule has 1 saturated carbocycles. The second-order valence-corrected chi connectivity index (χ2v) is 9.37. The van der Waals surface area contributed by atoms with Crippen LogP contribution in [0.15, 0.2) is 0 Å². The molecule has 27 heavy (non-hydrogen) atoms. The molecular weight excluding hydrogens is 345 g/mol. The van der Waals surface area contributed by atoms with Gasteiger partial charge in [0.15, 0.2) is 0 Å². The van der Waals surface area contributed by atoms with Gasteiger partial charge in [-0.1, -0.05) is 6.42 Å². The Bertz CT molecular complexity index is 522. The highest BCUT2D eigenvalue weighted by atomic mass is 16.4. The van der Waals surface area contributed by atoms with E-state index in [1.54, 1.807) is 0 Å². The summed E-state index contributed by atoms with van der Waals surface area (Å²) in [5.74, 6) is -0.264. The van der Waals surface area contributed by atoms with Crippen molar-refractivity contribution in [3.63, 3.8) is 0 Å². The molecule has 1 aliphatic rings. The van der Waals surface area contributed by atoms with Gasteiger partial charge in [-0.2, -0.15) is 0 Å². The van der Waals surface area contributed by atoms with E-state index < -0.39 is 18.2 Å². The SMILES string of the molecule is CC(=O)N[C@]1(C(=O)NC(C)(C)C)C[C@H](CCB(O)O)CC[C@H]1C(C)N(C)C. The van der Waals surface area contributed by atoms with Gasteiger partial charge in [0.25, 0.3) is 0 Å². The number of carbonyl (C=O) groups excluding carboxylic acids is 2. The van der Waals surface area contributed by atoms with Crippen molar-refractivity contribution >= 4 is 18.9 Å². The first kappa shape index (κ1) is 23.9. The lowest BCUT2D eigenvalue weighted by Gasteiger charge is -2.50. The number of nitrogens with one attached hydrogen (secondary N) is 2. The number of rotatable bonds is 7. The van der Waals surface area contributed by atoms with Crippen molar-refractivity contribution < 1.29 is 19.6 Å². The van der Waals surface area contributed by atoms with E-state index in [1.165, 1.54) is 6.92 Å². The van der Waals surface area contributed by atoms with Crippen LogP contribution in [0, 0.1) is 11.8 Å². The predicted molar refractivity (Wildman–Crippen MR) is 108 cm³/mol. The van der Waals surface area contributed by atoms with Gasteiger partial charge in [0.05, 0.1) is 0 Å². The normalized spacial score (nSPS) is 27.2. The molecule has 0 aliphatic heterocycles. The molecule has 0 heterocycles. The van der Waals surface area contributed by atoms with Crippen LogP contribution in [0.1, 0.15) is 60.3 Å². The molecule has 0 bridgehead atoms. The van der Waals surface area contributed by atoms with Gasteiger partial charge in [-0.15, -0.1) is 0 Å². The highest BCUT2D eigenvalue weighted by Crippen LogP contribution is 2.42. The molecule has 0 saturated heterocycles. The van der Waals surface area contributed by atoms with E-state index >= 15 is 0 Å². The van der Waals surface area contributed by atoms with Gasteiger partial charge in [-0.05, 0) is 73.3 Å². The van der Waals surface area contributed by atoms with E-state index in [4.69, 9.17) is 0 Å². The lowest BCUT2D eigenvalue weighted by molar-refractivity contribution is -0.141. The van der Waals surface area contributed by atoms with E-state index in [9.17, 15) is 19.6 Å². The molecule has 4 atom stereocenters. The van der Waals surface area contributed by atoms with Gasteiger partial charge >= 0.3 is 7.12 Å². The molecule has 0 aromatic carbocycles. The molecule has 0 radical (unpaired) electrons. The zero-order valence-electron chi connectivity index (χ0n) is 18.0. The minimum atomic E-state index is -1.35. The van der Waals surface area contributed by atoms with Gasteiger partial charge < -0.3 is 25.6 Å². The Morgan fingerprint density at radius 1 is 1.26 bits per heavy atom. The van der Waals surface area contributed by atoms with Gasteiger partial charge in [0.1, 0.15) is 5.54 Å². The van der Waals surface area contributed by atoms with Crippen LogP contribution in [0.4, 0.5) is 0 Å². The molecule has 0 aromatic rings. The maximum Gasteiger partial charge on any atom is 0.451 e. The fraction of sp³-hybridized carbons (Fsp3) is 0.895. The molecular formula is C19H38BN3O4. The van der Waals surface area contributed by atoms with Gasteiger partial charge in [-0.3, -0.25) is 9.59 Å². The monoisotopic (exact) mass is 383 g/mol. The molecule has 156 valence electrons. The van der Waals surface area contributed by atoms with Gasteiger partial charge in [0.2, 0.25) is 11.8 Å². The summed E-state index contributed by atoms with van der Waals surface area (Å²) in [6.07, 6.45) is 3.09. The summed E-state index contributed by atoms with van der Waals surface area (Å²) in [5, 5.41) is 24.6. The maximum atomic E-state index is 13.4. The predicted octanol–water partition coefficient (Wildman–Crippen LogP) is 1.01. The Hall–Kier alpha value is -1.12. The lowest BCUT2D eigenvalue weighted by Crippen LogP contribution is -2.69. The van der Waals surface area contributed by atoms with Crippen LogP contribution in [-0.2, 0) is 9.59 Å². The van der Waals surface area contributed by atoms with Crippen molar-refractivity contribution in [1.29, 1.82) is 0 Å². The van der Waals surface area contributed by atoms with Crippen LogP contribution >= 0.6 is 0 Å². The zero-order valence-corrected chi connectivity index (χ0v) is 18.0. The minimum Gasteiger partial charge on any atom is -0.427 e. The van der Waals surface area contributed by atoms with Gasteiger partial charge in [-0.25, -0.2) is 0 Å². The Morgan fingerprint density at radius 2 is 1.85 bits per heavy atom. The molecule has 1 aliphatic carbocycles. The maximum absolute atomic E-state index is 13.4. The first-order valence-corrected chi connectivity index (χ1v) is 9.92. The molecule has 2 amide bonds. The number of hydrogen-bond donors (Lipinski definition) is 4. The van der Waals surface area contributed by atoms with Gasteiger partial charge in [0, 0.05) is 24.4 Å². The van der Waals surface area contributed by atoms with Crippen LogP contribution < -0.4 is 10.6 Å². The first-order chi connectivity index (χ1) is 12.3. The molecule has 1 rings (SSSR count). The van der Waals surface area contributed by atoms with Crippen LogP contribution in [0.25, 0.3) is 0 Å². The third-order valence-electron chi connectivity index (χ3n) is 5.65. The van der Waals surface area contributed by atoms with Crippen molar-refractivity contribution in [2.24, 2.45) is 11.8 Å². The fourth-order valence-electron chi connectivity index (χ4n) is 4.24. The second kappa shape index (κ2) is 9.39. The van der Waals surface area contributed by atoms with Crippen LogP contribution in [0.5, 0.6) is 0 Å². The zero-order chi connectivity index (χ0) is 21.0. The molecule has 0 aromatic heterocycles. The van der Waals surface area contributed by atoms with Crippen LogP contribution in [0.3, 0.4) is 0 Å². The molecule has 1 fully saturated rings. The summed E-state index contributed by atoms with van der Waals surface area (Å²) in [4.78, 5) is 27.6. The third-order valence-corrected chi connectivity index (χ3v) is 5.65. The van der Waals surface area contributed by atoms with E-state index in [-0.39, 0.29) is 36.0 Å². The highest BCUT2D eigenvalue weighted by molar-refractivity contribution is 6.40. The summed E-state index contributed by atoms with van der Waals surface area (Å²) in [5.41, 5.74) is -1.42. The lowest BCUT2D eigenvalue weighted by atomic mass is 9.63. The Labute approximate surface area is 164 Å². The summed E-state index contributed by atoms with van der Waals surface area (Å²) >= 11 is 0.